The molecule has 2 atom stereocenters. The van der Waals surface area contributed by atoms with Crippen LogP contribution in [-0.2, 0) is 27.8 Å². The van der Waals surface area contributed by atoms with E-state index < -0.39 is 46.3 Å². The highest BCUT2D eigenvalue weighted by Gasteiger charge is 2.41. The van der Waals surface area contributed by atoms with Crippen LogP contribution < -0.4 is 0 Å². The first-order valence-electron chi connectivity index (χ1n) is 12.1. The molecule has 1 saturated heterocycles. The Bertz CT molecular complexity index is 1340. The number of thioether (sulfide) groups is 1. The molecule has 2 aromatic carbocycles. The third-order valence-electron chi connectivity index (χ3n) is 6.21. The summed E-state index contributed by atoms with van der Waals surface area (Å²) in [6, 6.07) is 5.27. The van der Waals surface area contributed by atoms with Crippen molar-refractivity contribution >= 4 is 17.8 Å². The van der Waals surface area contributed by atoms with E-state index in [0.29, 0.717) is 12.1 Å². The number of allylic oxidation sites excluding steroid dienone is 2. The highest BCUT2D eigenvalue weighted by Crippen LogP contribution is 2.38. The maximum Gasteiger partial charge on any atom is 0.416 e. The maximum atomic E-state index is 14.7. The highest BCUT2D eigenvalue weighted by molar-refractivity contribution is 8.00. The number of hydrogen-bond acceptors (Lipinski definition) is 6. The van der Waals surface area contributed by atoms with Gasteiger partial charge in [0.05, 0.1) is 30.6 Å². The number of rotatable bonds is 9. The average molecular weight is 586 g/mol. The molecular formula is C27H25F6N3O3S. The van der Waals surface area contributed by atoms with Gasteiger partial charge in [0.25, 0.3) is 0 Å². The summed E-state index contributed by atoms with van der Waals surface area (Å²) in [5.41, 5.74) is -2.93. The second-order valence-corrected chi connectivity index (χ2v) is 10.7. The van der Waals surface area contributed by atoms with Crippen molar-refractivity contribution in [3.05, 3.63) is 101 Å². The molecular weight excluding hydrogens is 560 g/mol. The molecule has 1 aliphatic heterocycles. The highest BCUT2D eigenvalue weighted by atomic mass is 32.2. The second kappa shape index (κ2) is 12.6. The third kappa shape index (κ3) is 7.33. The summed E-state index contributed by atoms with van der Waals surface area (Å²) in [6.07, 6.45) is 3.16. The van der Waals surface area contributed by atoms with Gasteiger partial charge >= 0.3 is 6.18 Å². The van der Waals surface area contributed by atoms with Crippen molar-refractivity contribution in [1.29, 1.82) is 0 Å². The van der Waals surface area contributed by atoms with Crippen LogP contribution in [-0.4, -0.2) is 49.9 Å². The molecule has 0 radical (unpaired) electrons. The number of aliphatic hydroxyl groups is 1. The van der Waals surface area contributed by atoms with Gasteiger partial charge in [-0.05, 0) is 24.3 Å². The van der Waals surface area contributed by atoms with Crippen LogP contribution in [0.3, 0.4) is 0 Å². The molecule has 0 spiro atoms. The Labute approximate surface area is 230 Å². The van der Waals surface area contributed by atoms with Crippen LogP contribution in [0.1, 0.15) is 23.6 Å². The zero-order valence-electron chi connectivity index (χ0n) is 21.1. The van der Waals surface area contributed by atoms with E-state index in [9.17, 15) is 31.4 Å². The van der Waals surface area contributed by atoms with Crippen LogP contribution in [0, 0.1) is 17.5 Å². The molecule has 40 heavy (non-hydrogen) atoms. The van der Waals surface area contributed by atoms with Gasteiger partial charge in [0, 0.05) is 22.4 Å². The van der Waals surface area contributed by atoms with Gasteiger partial charge in [-0.1, -0.05) is 37.3 Å². The molecule has 0 amide bonds. The summed E-state index contributed by atoms with van der Waals surface area (Å²) in [5.74, 6) is -2.65. The molecule has 3 aromatic rings. The van der Waals surface area contributed by atoms with Crippen molar-refractivity contribution in [2.45, 2.75) is 42.0 Å². The first kappa shape index (κ1) is 29.8. The standard InChI is InChI=1S/C27H25F6N3O3S/c1-17(26(37,14-36-16-34-15-35-36)22-9-8-20(28)11-24(22)30)40-21-12-38-25(39-13-21)5-3-2-4-18-6-7-19(10-23(18)29)27(31,32)33/h2-11,15-17,21,25,37H,12-14H2,1H3/b4-2+,5-3+/t17-,21?,25?,26-/m1/s1. The summed E-state index contributed by atoms with van der Waals surface area (Å²) in [7, 11) is 0. The van der Waals surface area contributed by atoms with Gasteiger partial charge in [-0.25, -0.2) is 22.8 Å². The fourth-order valence-corrected chi connectivity index (χ4v) is 5.40. The lowest BCUT2D eigenvalue weighted by Gasteiger charge is -2.37. The minimum absolute atomic E-state index is 0.00967. The molecule has 0 bridgehead atoms. The van der Waals surface area contributed by atoms with Crippen molar-refractivity contribution in [3.63, 3.8) is 0 Å². The predicted octanol–water partition coefficient (Wildman–Crippen LogP) is 5.73. The smallest absolute Gasteiger partial charge is 0.382 e. The first-order chi connectivity index (χ1) is 19.0. The minimum atomic E-state index is -4.63. The largest absolute Gasteiger partial charge is 0.416 e. The Hall–Kier alpha value is -3.13. The molecule has 13 heteroatoms. The molecule has 6 nitrogen and oxygen atoms in total. The van der Waals surface area contributed by atoms with Crippen molar-refractivity contribution in [1.82, 2.24) is 14.8 Å². The number of halogens is 6. The molecule has 0 unspecified atom stereocenters. The van der Waals surface area contributed by atoms with Crippen molar-refractivity contribution in [2.75, 3.05) is 13.2 Å². The molecule has 0 saturated carbocycles. The van der Waals surface area contributed by atoms with E-state index in [2.05, 4.69) is 10.1 Å². The monoisotopic (exact) mass is 585 g/mol. The number of nitrogens with zero attached hydrogens (tertiary/aromatic N) is 3. The van der Waals surface area contributed by atoms with Gasteiger partial charge in [-0.3, -0.25) is 0 Å². The van der Waals surface area contributed by atoms with Crippen molar-refractivity contribution in [3.8, 4) is 0 Å². The van der Waals surface area contributed by atoms with Crippen LogP contribution >= 0.6 is 11.8 Å². The normalized spacial score (nSPS) is 20.7. The lowest BCUT2D eigenvalue weighted by molar-refractivity contribution is -0.146. The fourth-order valence-electron chi connectivity index (χ4n) is 4.08. The summed E-state index contributed by atoms with van der Waals surface area (Å²) >= 11 is 1.31. The first-order valence-corrected chi connectivity index (χ1v) is 13.0. The molecule has 1 fully saturated rings. The predicted molar refractivity (Wildman–Crippen MR) is 136 cm³/mol. The topological polar surface area (TPSA) is 69.4 Å². The molecule has 1 N–H and O–H groups in total. The van der Waals surface area contributed by atoms with E-state index in [1.165, 1.54) is 53.4 Å². The van der Waals surface area contributed by atoms with Gasteiger partial charge in [-0.15, -0.1) is 11.8 Å². The number of alkyl halides is 3. The summed E-state index contributed by atoms with van der Waals surface area (Å²) in [4.78, 5) is 3.85. The summed E-state index contributed by atoms with van der Waals surface area (Å²) < 4.78 is 93.0. The van der Waals surface area contributed by atoms with Crippen LogP contribution in [0.25, 0.3) is 6.08 Å². The Balaban J connectivity index is 1.35. The number of hydrogen-bond donors (Lipinski definition) is 1. The maximum absolute atomic E-state index is 14.7. The minimum Gasteiger partial charge on any atom is -0.382 e. The molecule has 1 aromatic heterocycles. The van der Waals surface area contributed by atoms with Crippen LogP contribution in [0.4, 0.5) is 26.3 Å². The van der Waals surface area contributed by atoms with Crippen molar-refractivity contribution in [2.24, 2.45) is 0 Å². The number of aromatic nitrogens is 3. The van der Waals surface area contributed by atoms with Gasteiger partial charge in [0.2, 0.25) is 0 Å². The molecule has 2 heterocycles. The lowest BCUT2D eigenvalue weighted by Crippen LogP contribution is -2.43. The molecule has 214 valence electrons. The Kier molecular flexibility index (Phi) is 9.39. The van der Waals surface area contributed by atoms with Crippen LogP contribution in [0.2, 0.25) is 0 Å². The molecule has 0 aliphatic carbocycles. The summed E-state index contributed by atoms with van der Waals surface area (Å²) in [5, 5.41) is 14.8. The Morgan fingerprint density at radius 2 is 1.82 bits per heavy atom. The van der Waals surface area contributed by atoms with E-state index in [1.54, 1.807) is 13.0 Å². The van der Waals surface area contributed by atoms with E-state index in [1.807, 2.05) is 0 Å². The van der Waals surface area contributed by atoms with Crippen LogP contribution in [0.15, 0.2) is 67.3 Å². The van der Waals surface area contributed by atoms with Gasteiger partial charge in [-0.2, -0.15) is 18.3 Å². The Morgan fingerprint density at radius 3 is 2.45 bits per heavy atom. The zero-order chi connectivity index (χ0) is 28.9. The number of benzene rings is 2. The van der Waals surface area contributed by atoms with Crippen molar-refractivity contribution < 1.29 is 40.9 Å². The molecule has 1 aliphatic rings. The van der Waals surface area contributed by atoms with Gasteiger partial charge in [0.15, 0.2) is 6.29 Å². The SMILES string of the molecule is C[C@@H](SC1COC(/C=C/C=C/c2ccc(C(F)(F)F)cc2F)OC1)[C@](O)(Cn1cncn1)c1ccc(F)cc1F. The fraction of sp³-hybridized carbons (Fsp3) is 0.333. The second-order valence-electron chi connectivity index (χ2n) is 9.05. The van der Waals surface area contributed by atoms with E-state index in [-0.39, 0.29) is 36.1 Å². The third-order valence-corrected chi connectivity index (χ3v) is 7.67. The Morgan fingerprint density at radius 1 is 1.07 bits per heavy atom. The van der Waals surface area contributed by atoms with Gasteiger partial charge < -0.3 is 14.6 Å². The van der Waals surface area contributed by atoms with Gasteiger partial charge in [0.1, 0.15) is 35.7 Å². The van der Waals surface area contributed by atoms with E-state index >= 15 is 0 Å². The van der Waals surface area contributed by atoms with Crippen LogP contribution in [0.5, 0.6) is 0 Å². The summed E-state index contributed by atoms with van der Waals surface area (Å²) in [6.45, 7) is 2.04. The lowest BCUT2D eigenvalue weighted by atomic mass is 9.90. The quantitative estimate of drug-likeness (QED) is 0.256. The zero-order valence-corrected chi connectivity index (χ0v) is 21.9. The van der Waals surface area contributed by atoms with E-state index in [4.69, 9.17) is 9.47 Å². The number of ether oxygens (including phenoxy) is 2. The molecule has 4 rings (SSSR count). The van der Waals surface area contributed by atoms with E-state index in [0.717, 1.165) is 18.2 Å². The average Bonchev–Trinajstić information content (AvgIpc) is 3.40.